The zero-order valence-corrected chi connectivity index (χ0v) is 13.8. The van der Waals surface area contributed by atoms with Crippen LogP contribution in [0.1, 0.15) is 12.1 Å². The molecule has 1 aliphatic heterocycles. The average molecular weight is 333 g/mol. The van der Waals surface area contributed by atoms with Crippen molar-refractivity contribution in [2.45, 2.75) is 6.42 Å². The van der Waals surface area contributed by atoms with Crippen LogP contribution in [-0.2, 0) is 0 Å². The molecule has 0 amide bonds. The smallest absolute Gasteiger partial charge is 0.192 e. The minimum atomic E-state index is -0.373. The Hall–Kier alpha value is -3.05. The fraction of sp³-hybridized carbons (Fsp3) is 0.300. The van der Waals surface area contributed by atoms with Gasteiger partial charge in [0.15, 0.2) is 17.1 Å². The minimum Gasteiger partial charge on any atom is -0.494 e. The largest absolute Gasteiger partial charge is 0.494 e. The fourth-order valence-electron chi connectivity index (χ4n) is 3.51. The van der Waals surface area contributed by atoms with Gasteiger partial charge < -0.3 is 9.64 Å². The van der Waals surface area contributed by atoms with Crippen LogP contribution in [0.2, 0.25) is 0 Å². The first kappa shape index (κ1) is 15.5. The molecule has 1 aliphatic carbocycles. The molecule has 0 radical (unpaired) electrons. The highest BCUT2D eigenvalue weighted by molar-refractivity contribution is 5.61. The molecule has 0 spiro atoms. The summed E-state index contributed by atoms with van der Waals surface area (Å²) < 4.78 is 19.0. The van der Waals surface area contributed by atoms with Gasteiger partial charge in [0.2, 0.25) is 0 Å². The number of rotatable bonds is 2. The van der Waals surface area contributed by atoms with Crippen LogP contribution in [0.15, 0.2) is 36.5 Å². The number of anilines is 1. The van der Waals surface area contributed by atoms with Gasteiger partial charge >= 0.3 is 0 Å². The average Bonchev–Trinajstić information content (AvgIpc) is 3.19. The first-order chi connectivity index (χ1) is 12.1. The summed E-state index contributed by atoms with van der Waals surface area (Å²) in [6.07, 6.45) is 2.75. The second-order valence-electron chi connectivity index (χ2n) is 6.52. The maximum absolute atomic E-state index is 13.7. The van der Waals surface area contributed by atoms with E-state index < -0.39 is 0 Å². The number of aromatic nitrogens is 1. The molecule has 1 aromatic carbocycles. The van der Waals surface area contributed by atoms with Crippen molar-refractivity contribution in [2.24, 2.45) is 11.3 Å². The summed E-state index contributed by atoms with van der Waals surface area (Å²) in [5, 5.41) is 0. The van der Waals surface area contributed by atoms with Gasteiger partial charge in [0.1, 0.15) is 5.82 Å². The SMILES string of the molecule is [C-]#[N+]c1cc(F)cc(N2CC3CC3(C#Cc3ncccc3OC)C2)c1. The Morgan fingerprint density at radius 2 is 2.32 bits per heavy atom. The maximum Gasteiger partial charge on any atom is 0.192 e. The van der Waals surface area contributed by atoms with Crippen molar-refractivity contribution >= 4 is 11.4 Å². The van der Waals surface area contributed by atoms with Crippen LogP contribution in [0.3, 0.4) is 0 Å². The lowest BCUT2D eigenvalue weighted by Gasteiger charge is -2.22. The second-order valence-corrected chi connectivity index (χ2v) is 6.52. The molecule has 25 heavy (non-hydrogen) atoms. The lowest BCUT2D eigenvalue weighted by atomic mass is 10.1. The highest BCUT2D eigenvalue weighted by Crippen LogP contribution is 2.58. The maximum atomic E-state index is 13.7. The lowest BCUT2D eigenvalue weighted by molar-refractivity contribution is 0.411. The molecule has 5 heteroatoms. The van der Waals surface area contributed by atoms with Crippen LogP contribution in [-0.4, -0.2) is 25.2 Å². The topological polar surface area (TPSA) is 29.7 Å². The van der Waals surface area contributed by atoms with E-state index >= 15 is 0 Å². The molecule has 0 bridgehead atoms. The van der Waals surface area contributed by atoms with E-state index in [1.54, 1.807) is 19.4 Å². The molecule has 4 nitrogen and oxygen atoms in total. The molecule has 1 saturated heterocycles. The standard InChI is InChI=1S/C20H16FN3O/c1-22-16-8-15(21)9-17(10-16)24-12-14-11-20(14,13-24)6-5-18-19(25-2)4-3-7-23-18/h3-4,7-10,14H,11-13H2,2H3. The number of benzene rings is 1. The summed E-state index contributed by atoms with van der Waals surface area (Å²) in [5.74, 6) is 7.32. The van der Waals surface area contributed by atoms with Crippen molar-refractivity contribution < 1.29 is 9.13 Å². The van der Waals surface area contributed by atoms with E-state index in [0.29, 0.717) is 23.0 Å². The van der Waals surface area contributed by atoms with Gasteiger partial charge in [-0.2, -0.15) is 0 Å². The zero-order valence-electron chi connectivity index (χ0n) is 13.8. The Bertz CT molecular complexity index is 940. The molecular formula is C20H16FN3O. The van der Waals surface area contributed by atoms with Crippen LogP contribution in [0.4, 0.5) is 15.8 Å². The molecule has 2 aromatic rings. The highest BCUT2D eigenvalue weighted by atomic mass is 19.1. The molecule has 2 atom stereocenters. The van der Waals surface area contributed by atoms with Gasteiger partial charge in [-0.05, 0) is 48.6 Å². The summed E-state index contributed by atoms with van der Waals surface area (Å²) in [4.78, 5) is 9.74. The summed E-state index contributed by atoms with van der Waals surface area (Å²) in [6.45, 7) is 8.69. The molecule has 0 N–H and O–H groups in total. The molecule has 2 aliphatic rings. The van der Waals surface area contributed by atoms with Gasteiger partial charge in [0.25, 0.3) is 0 Å². The van der Waals surface area contributed by atoms with Crippen molar-refractivity contribution in [2.75, 3.05) is 25.1 Å². The van der Waals surface area contributed by atoms with Crippen LogP contribution in [0.25, 0.3) is 4.85 Å². The monoisotopic (exact) mass is 333 g/mol. The Kier molecular flexibility index (Phi) is 3.58. The Morgan fingerprint density at radius 1 is 1.44 bits per heavy atom. The third kappa shape index (κ3) is 2.79. The summed E-state index contributed by atoms with van der Waals surface area (Å²) >= 11 is 0. The Balaban J connectivity index is 1.57. The van der Waals surface area contributed by atoms with Crippen molar-refractivity contribution in [3.8, 4) is 17.6 Å². The number of hydrogen-bond donors (Lipinski definition) is 0. The molecule has 1 aromatic heterocycles. The van der Waals surface area contributed by atoms with Gasteiger partial charge in [-0.25, -0.2) is 14.2 Å². The van der Waals surface area contributed by atoms with Crippen molar-refractivity contribution in [1.29, 1.82) is 0 Å². The number of halogens is 1. The molecular weight excluding hydrogens is 317 g/mol. The van der Waals surface area contributed by atoms with E-state index in [1.807, 2.05) is 12.1 Å². The number of hydrogen-bond acceptors (Lipinski definition) is 3. The molecule has 2 heterocycles. The Morgan fingerprint density at radius 3 is 3.12 bits per heavy atom. The number of fused-ring (bicyclic) bond motifs is 1. The fourth-order valence-corrected chi connectivity index (χ4v) is 3.51. The predicted octanol–water partition coefficient (Wildman–Crippen LogP) is 3.66. The lowest BCUT2D eigenvalue weighted by Crippen LogP contribution is -2.24. The van der Waals surface area contributed by atoms with Crippen LogP contribution < -0.4 is 9.64 Å². The van der Waals surface area contributed by atoms with Gasteiger partial charge in [0.05, 0.1) is 19.1 Å². The van der Waals surface area contributed by atoms with E-state index in [0.717, 1.165) is 25.2 Å². The summed E-state index contributed by atoms with van der Waals surface area (Å²) in [7, 11) is 1.61. The van der Waals surface area contributed by atoms with Gasteiger partial charge in [-0.15, -0.1) is 0 Å². The predicted molar refractivity (Wildman–Crippen MR) is 93.1 cm³/mol. The number of nitrogens with zero attached hydrogens (tertiary/aromatic N) is 3. The third-order valence-corrected chi connectivity index (χ3v) is 4.93. The van der Waals surface area contributed by atoms with E-state index in [2.05, 4.69) is 26.6 Å². The van der Waals surface area contributed by atoms with Crippen molar-refractivity contribution in [3.05, 3.63) is 59.5 Å². The van der Waals surface area contributed by atoms with Crippen LogP contribution >= 0.6 is 0 Å². The van der Waals surface area contributed by atoms with Crippen molar-refractivity contribution in [1.82, 2.24) is 4.98 Å². The van der Waals surface area contributed by atoms with E-state index in [-0.39, 0.29) is 11.2 Å². The first-order valence-corrected chi connectivity index (χ1v) is 8.09. The summed E-state index contributed by atoms with van der Waals surface area (Å²) in [5.41, 5.74) is 1.67. The van der Waals surface area contributed by atoms with E-state index in [4.69, 9.17) is 11.3 Å². The summed E-state index contributed by atoms with van der Waals surface area (Å²) in [6, 6.07) is 8.15. The minimum absolute atomic E-state index is 0.0624. The second kappa shape index (κ2) is 5.79. The molecule has 1 saturated carbocycles. The quantitative estimate of drug-likeness (QED) is 0.620. The number of pyridine rings is 1. The highest BCUT2D eigenvalue weighted by Gasteiger charge is 2.59. The normalized spacial score (nSPS) is 23.2. The number of methoxy groups -OCH3 is 1. The zero-order chi connectivity index (χ0) is 17.4. The molecule has 124 valence electrons. The molecule has 2 unspecified atom stereocenters. The first-order valence-electron chi connectivity index (χ1n) is 8.09. The number of ether oxygens (including phenoxy) is 1. The number of piperidine rings is 1. The molecule has 2 fully saturated rings. The van der Waals surface area contributed by atoms with Crippen LogP contribution in [0, 0.1) is 35.6 Å². The Labute approximate surface area is 146 Å². The van der Waals surface area contributed by atoms with Gasteiger partial charge in [-0.1, -0.05) is 5.92 Å². The van der Waals surface area contributed by atoms with E-state index in [1.165, 1.54) is 12.1 Å². The molecule has 4 rings (SSSR count). The third-order valence-electron chi connectivity index (χ3n) is 4.93. The van der Waals surface area contributed by atoms with E-state index in [9.17, 15) is 4.39 Å². The van der Waals surface area contributed by atoms with Gasteiger partial charge in [-0.3, -0.25) is 0 Å². The van der Waals surface area contributed by atoms with Crippen LogP contribution in [0.5, 0.6) is 5.75 Å². The van der Waals surface area contributed by atoms with Crippen molar-refractivity contribution in [3.63, 3.8) is 0 Å². The van der Waals surface area contributed by atoms with Gasteiger partial charge in [0, 0.05) is 25.0 Å².